The van der Waals surface area contributed by atoms with Crippen molar-refractivity contribution < 1.29 is 19.0 Å². The number of nitrogens with one attached hydrogen (secondary N) is 2. The molecule has 3 rings (SSSR count). The smallest absolute Gasteiger partial charge is 0.224 e. The molecule has 26 heavy (non-hydrogen) atoms. The third-order valence-electron chi connectivity index (χ3n) is 5.65. The number of hydrogen-bond donors (Lipinski definition) is 2. The van der Waals surface area contributed by atoms with Crippen LogP contribution in [0.15, 0.2) is 12.1 Å². The second-order valence-corrected chi connectivity index (χ2v) is 7.06. The Hall–Kier alpha value is -1.66. The highest BCUT2D eigenvalue weighted by atomic mass is 35.5. The molecule has 1 saturated carbocycles. The Morgan fingerprint density at radius 3 is 2.23 bits per heavy atom. The fourth-order valence-corrected chi connectivity index (χ4v) is 3.94. The number of benzene rings is 1. The topological polar surface area (TPSA) is 68.8 Å². The molecule has 6 nitrogen and oxygen atoms in total. The zero-order valence-corrected chi connectivity index (χ0v) is 16.7. The zero-order valence-electron chi connectivity index (χ0n) is 15.9. The number of methoxy groups -OCH3 is 3. The van der Waals surface area contributed by atoms with Crippen LogP contribution in [0.3, 0.4) is 0 Å². The fourth-order valence-electron chi connectivity index (χ4n) is 3.94. The molecule has 2 aliphatic rings. The molecule has 1 spiro atoms. The fraction of sp³-hybridized carbons (Fsp3) is 0.632. The summed E-state index contributed by atoms with van der Waals surface area (Å²) >= 11 is 0. The van der Waals surface area contributed by atoms with Crippen LogP contribution in [0, 0.1) is 11.3 Å². The van der Waals surface area contributed by atoms with E-state index in [1.54, 1.807) is 21.3 Å². The summed E-state index contributed by atoms with van der Waals surface area (Å²) in [4.78, 5) is 12.7. The highest BCUT2D eigenvalue weighted by Crippen LogP contribution is 2.58. The minimum absolute atomic E-state index is 0. The summed E-state index contributed by atoms with van der Waals surface area (Å²) in [7, 11) is 4.77. The van der Waals surface area contributed by atoms with Crippen molar-refractivity contribution in [3.05, 3.63) is 17.7 Å². The maximum atomic E-state index is 12.7. The van der Waals surface area contributed by atoms with E-state index in [-0.39, 0.29) is 35.7 Å². The first-order valence-electron chi connectivity index (χ1n) is 8.85. The molecule has 2 atom stereocenters. The second kappa shape index (κ2) is 8.35. The van der Waals surface area contributed by atoms with Crippen molar-refractivity contribution in [3.63, 3.8) is 0 Å². The molecule has 1 saturated heterocycles. The van der Waals surface area contributed by atoms with Crippen LogP contribution >= 0.6 is 12.4 Å². The predicted molar refractivity (Wildman–Crippen MR) is 103 cm³/mol. The minimum Gasteiger partial charge on any atom is -0.493 e. The summed E-state index contributed by atoms with van der Waals surface area (Å²) in [6, 6.07) is 3.65. The van der Waals surface area contributed by atoms with Crippen molar-refractivity contribution in [1.29, 1.82) is 0 Å². The van der Waals surface area contributed by atoms with Gasteiger partial charge in [0.1, 0.15) is 0 Å². The van der Waals surface area contributed by atoms with Gasteiger partial charge in [-0.2, -0.15) is 0 Å². The van der Waals surface area contributed by atoms with E-state index in [0.717, 1.165) is 37.9 Å². The molecule has 1 heterocycles. The van der Waals surface area contributed by atoms with Gasteiger partial charge >= 0.3 is 0 Å². The van der Waals surface area contributed by atoms with Crippen LogP contribution in [0.5, 0.6) is 17.2 Å². The number of amides is 1. The van der Waals surface area contributed by atoms with Gasteiger partial charge in [0.15, 0.2) is 11.5 Å². The van der Waals surface area contributed by atoms with Gasteiger partial charge in [0.05, 0.1) is 27.4 Å². The van der Waals surface area contributed by atoms with E-state index < -0.39 is 0 Å². The third-order valence-corrected chi connectivity index (χ3v) is 5.65. The molecule has 1 aliphatic carbocycles. The maximum absolute atomic E-state index is 12.7. The summed E-state index contributed by atoms with van der Waals surface area (Å²) in [6.45, 7) is 4.02. The molecular formula is C19H29ClN2O4. The van der Waals surface area contributed by atoms with Gasteiger partial charge < -0.3 is 24.8 Å². The Kier molecular flexibility index (Phi) is 6.64. The summed E-state index contributed by atoms with van der Waals surface area (Å²) < 4.78 is 16.2. The Labute approximate surface area is 161 Å². The van der Waals surface area contributed by atoms with Crippen LogP contribution in [-0.2, 0) is 4.79 Å². The van der Waals surface area contributed by atoms with Crippen LogP contribution in [0.4, 0.5) is 0 Å². The lowest BCUT2D eigenvalue weighted by Gasteiger charge is -2.24. The molecule has 1 aromatic carbocycles. The number of carbonyl (C=O) groups is 1. The lowest BCUT2D eigenvalue weighted by Crippen LogP contribution is -2.34. The van der Waals surface area contributed by atoms with E-state index >= 15 is 0 Å². The Morgan fingerprint density at radius 2 is 1.73 bits per heavy atom. The van der Waals surface area contributed by atoms with Crippen LogP contribution in [-0.4, -0.2) is 40.3 Å². The number of carbonyl (C=O) groups excluding carboxylic acids is 1. The number of rotatable bonds is 6. The van der Waals surface area contributed by atoms with Gasteiger partial charge in [0.25, 0.3) is 0 Å². The molecule has 0 aromatic heterocycles. The first kappa shape index (κ1) is 20.6. The molecule has 2 fully saturated rings. The SMILES string of the molecule is COc1cc(C(C)NC(=O)C2CC23CCNCC3)cc(OC)c1OC.Cl. The van der Waals surface area contributed by atoms with Crippen molar-refractivity contribution in [2.24, 2.45) is 11.3 Å². The normalized spacial score (nSPS) is 21.3. The molecule has 2 N–H and O–H groups in total. The highest BCUT2D eigenvalue weighted by Gasteiger charge is 2.57. The van der Waals surface area contributed by atoms with Gasteiger partial charge in [0.2, 0.25) is 11.7 Å². The van der Waals surface area contributed by atoms with E-state index in [4.69, 9.17) is 14.2 Å². The van der Waals surface area contributed by atoms with E-state index in [1.807, 2.05) is 19.1 Å². The molecule has 1 amide bonds. The van der Waals surface area contributed by atoms with Crippen molar-refractivity contribution in [2.75, 3.05) is 34.4 Å². The van der Waals surface area contributed by atoms with Crippen molar-refractivity contribution in [1.82, 2.24) is 10.6 Å². The monoisotopic (exact) mass is 384 g/mol. The van der Waals surface area contributed by atoms with E-state index in [1.165, 1.54) is 0 Å². The predicted octanol–water partition coefficient (Wildman–Crippen LogP) is 2.70. The van der Waals surface area contributed by atoms with Crippen molar-refractivity contribution in [3.8, 4) is 17.2 Å². The van der Waals surface area contributed by atoms with Gasteiger partial charge in [-0.15, -0.1) is 12.4 Å². The zero-order chi connectivity index (χ0) is 18.0. The molecule has 1 aromatic rings. The summed E-state index contributed by atoms with van der Waals surface area (Å²) in [5.41, 5.74) is 1.17. The van der Waals surface area contributed by atoms with Crippen LogP contribution < -0.4 is 24.8 Å². The Balaban J connectivity index is 0.00000243. The summed E-state index contributed by atoms with van der Waals surface area (Å²) in [5, 5.41) is 6.53. The summed E-state index contributed by atoms with van der Waals surface area (Å²) in [5.74, 6) is 2.06. The lowest BCUT2D eigenvalue weighted by molar-refractivity contribution is -0.123. The van der Waals surface area contributed by atoms with Crippen LogP contribution in [0.25, 0.3) is 0 Å². The quantitative estimate of drug-likeness (QED) is 0.789. The van der Waals surface area contributed by atoms with E-state index in [0.29, 0.717) is 17.2 Å². The highest BCUT2D eigenvalue weighted by molar-refractivity contribution is 5.85. The number of hydrogen-bond acceptors (Lipinski definition) is 5. The first-order valence-corrected chi connectivity index (χ1v) is 8.85. The van der Waals surface area contributed by atoms with Crippen molar-refractivity contribution in [2.45, 2.75) is 32.2 Å². The second-order valence-electron chi connectivity index (χ2n) is 7.06. The largest absolute Gasteiger partial charge is 0.493 e. The van der Waals surface area contributed by atoms with Gasteiger partial charge in [-0.3, -0.25) is 4.79 Å². The minimum atomic E-state index is -0.124. The number of piperidine rings is 1. The Bertz CT molecular complexity index is 621. The first-order chi connectivity index (χ1) is 12.0. The van der Waals surface area contributed by atoms with Gasteiger partial charge in [0, 0.05) is 5.92 Å². The molecule has 2 unspecified atom stereocenters. The van der Waals surface area contributed by atoms with Gasteiger partial charge in [-0.25, -0.2) is 0 Å². The average molecular weight is 385 g/mol. The number of ether oxygens (including phenoxy) is 3. The van der Waals surface area contributed by atoms with Crippen LogP contribution in [0.1, 0.15) is 37.8 Å². The molecule has 146 valence electrons. The van der Waals surface area contributed by atoms with E-state index in [9.17, 15) is 4.79 Å². The summed E-state index contributed by atoms with van der Waals surface area (Å²) in [6.07, 6.45) is 3.22. The van der Waals surface area contributed by atoms with Crippen molar-refractivity contribution >= 4 is 18.3 Å². The maximum Gasteiger partial charge on any atom is 0.224 e. The molecule has 1 aliphatic heterocycles. The molecule has 7 heteroatoms. The van der Waals surface area contributed by atoms with Gasteiger partial charge in [-0.1, -0.05) is 0 Å². The van der Waals surface area contributed by atoms with E-state index in [2.05, 4.69) is 10.6 Å². The van der Waals surface area contributed by atoms with Gasteiger partial charge in [-0.05, 0) is 62.4 Å². The molecular weight excluding hydrogens is 356 g/mol. The molecule has 0 radical (unpaired) electrons. The van der Waals surface area contributed by atoms with Crippen LogP contribution in [0.2, 0.25) is 0 Å². The third kappa shape index (κ3) is 3.86. The average Bonchev–Trinajstić information content (AvgIpc) is 3.33. The standard InChI is InChI=1S/C19H28N2O4.ClH/c1-12(13-9-15(23-2)17(25-4)16(10-13)24-3)21-18(22)14-11-19(14)5-7-20-8-6-19;/h9-10,12,14,20H,5-8,11H2,1-4H3,(H,21,22);1H. The number of halogens is 1. The lowest BCUT2D eigenvalue weighted by atomic mass is 9.91. The Morgan fingerprint density at radius 1 is 1.15 bits per heavy atom. The molecule has 0 bridgehead atoms.